The van der Waals surface area contributed by atoms with Crippen LogP contribution in [0.3, 0.4) is 0 Å². The summed E-state index contributed by atoms with van der Waals surface area (Å²) >= 11 is 1.50. The number of amides is 2. The predicted octanol–water partition coefficient (Wildman–Crippen LogP) is 2.14. The van der Waals surface area contributed by atoms with Crippen LogP contribution in [0.2, 0.25) is 0 Å². The summed E-state index contributed by atoms with van der Waals surface area (Å²) in [5.74, 6) is -2.27. The molecule has 2 amide bonds. The Morgan fingerprint density at radius 2 is 1.95 bits per heavy atom. The standard InChI is InChI=1S/C13H11FN2O2S/c14-10-3-1-2-4-11(10)16-13(18)12(17)15-7-9-5-6-19-8-9/h1-6,8H,7H2,(H,15,17)(H,16,18). The third kappa shape index (κ3) is 3.62. The van der Waals surface area contributed by atoms with Crippen LogP contribution in [-0.4, -0.2) is 11.8 Å². The molecule has 0 radical (unpaired) electrons. The predicted molar refractivity (Wildman–Crippen MR) is 71.2 cm³/mol. The summed E-state index contributed by atoms with van der Waals surface area (Å²) in [6.45, 7) is 0.271. The summed E-state index contributed by atoms with van der Waals surface area (Å²) in [5, 5.41) is 8.42. The Morgan fingerprint density at radius 1 is 1.16 bits per heavy atom. The fourth-order valence-electron chi connectivity index (χ4n) is 1.40. The number of anilines is 1. The van der Waals surface area contributed by atoms with Crippen molar-refractivity contribution in [1.82, 2.24) is 5.32 Å². The number of carbonyl (C=O) groups excluding carboxylic acids is 2. The van der Waals surface area contributed by atoms with E-state index in [0.717, 1.165) is 5.56 Å². The van der Waals surface area contributed by atoms with Gasteiger partial charge in [0.05, 0.1) is 5.69 Å². The van der Waals surface area contributed by atoms with Crippen LogP contribution < -0.4 is 10.6 Å². The van der Waals surface area contributed by atoms with Gasteiger partial charge < -0.3 is 10.6 Å². The molecule has 0 saturated heterocycles. The number of hydrogen-bond acceptors (Lipinski definition) is 3. The van der Waals surface area contributed by atoms with Gasteiger partial charge in [0.25, 0.3) is 0 Å². The van der Waals surface area contributed by atoms with Crippen molar-refractivity contribution in [2.24, 2.45) is 0 Å². The molecule has 1 heterocycles. The van der Waals surface area contributed by atoms with Crippen LogP contribution in [0.4, 0.5) is 10.1 Å². The number of halogens is 1. The van der Waals surface area contributed by atoms with E-state index in [9.17, 15) is 14.0 Å². The van der Waals surface area contributed by atoms with Crippen LogP contribution in [0, 0.1) is 5.82 Å². The number of para-hydroxylation sites is 1. The van der Waals surface area contributed by atoms with Crippen molar-refractivity contribution in [2.75, 3.05) is 5.32 Å². The molecule has 0 bridgehead atoms. The Balaban J connectivity index is 1.89. The molecule has 98 valence electrons. The largest absolute Gasteiger partial charge is 0.344 e. The number of carbonyl (C=O) groups is 2. The molecule has 19 heavy (non-hydrogen) atoms. The van der Waals surface area contributed by atoms with Gasteiger partial charge in [-0.2, -0.15) is 11.3 Å². The van der Waals surface area contributed by atoms with Crippen LogP contribution in [-0.2, 0) is 16.1 Å². The molecule has 2 aromatic rings. The van der Waals surface area contributed by atoms with Crippen LogP contribution in [0.1, 0.15) is 5.56 Å². The second-order valence-electron chi connectivity index (χ2n) is 3.75. The Hall–Kier alpha value is -2.21. The molecular formula is C13H11FN2O2S. The number of rotatable bonds is 3. The van der Waals surface area contributed by atoms with Crippen molar-refractivity contribution in [3.63, 3.8) is 0 Å². The van der Waals surface area contributed by atoms with E-state index in [1.165, 1.54) is 29.5 Å². The van der Waals surface area contributed by atoms with E-state index >= 15 is 0 Å². The minimum atomic E-state index is -0.889. The fraction of sp³-hybridized carbons (Fsp3) is 0.0769. The lowest BCUT2D eigenvalue weighted by molar-refractivity contribution is -0.136. The van der Waals surface area contributed by atoms with Gasteiger partial charge in [0.2, 0.25) is 0 Å². The summed E-state index contributed by atoms with van der Waals surface area (Å²) in [6.07, 6.45) is 0. The molecule has 0 aliphatic carbocycles. The Bertz CT molecular complexity index is 584. The quantitative estimate of drug-likeness (QED) is 0.845. The molecule has 0 aliphatic heterocycles. The first-order chi connectivity index (χ1) is 9.16. The van der Waals surface area contributed by atoms with Gasteiger partial charge in [0, 0.05) is 6.54 Å². The first kappa shape index (κ1) is 13.2. The van der Waals surface area contributed by atoms with Crippen molar-refractivity contribution in [3.8, 4) is 0 Å². The second kappa shape index (κ2) is 6.10. The lowest BCUT2D eigenvalue weighted by Gasteiger charge is -2.06. The topological polar surface area (TPSA) is 58.2 Å². The normalized spacial score (nSPS) is 9.95. The van der Waals surface area contributed by atoms with Crippen molar-refractivity contribution in [2.45, 2.75) is 6.54 Å². The third-order valence-electron chi connectivity index (χ3n) is 2.36. The van der Waals surface area contributed by atoms with Crippen molar-refractivity contribution in [3.05, 3.63) is 52.5 Å². The first-order valence-corrected chi connectivity index (χ1v) is 6.46. The Morgan fingerprint density at radius 3 is 2.63 bits per heavy atom. The van der Waals surface area contributed by atoms with Gasteiger partial charge in [-0.3, -0.25) is 9.59 Å². The maximum atomic E-state index is 13.3. The van der Waals surface area contributed by atoms with Crippen molar-refractivity contribution >= 4 is 28.8 Å². The molecule has 6 heteroatoms. The van der Waals surface area contributed by atoms with E-state index in [0.29, 0.717) is 0 Å². The molecule has 2 N–H and O–H groups in total. The molecule has 1 aromatic heterocycles. The number of thiophene rings is 1. The zero-order chi connectivity index (χ0) is 13.7. The second-order valence-corrected chi connectivity index (χ2v) is 4.53. The van der Waals surface area contributed by atoms with Gasteiger partial charge in [-0.05, 0) is 34.5 Å². The van der Waals surface area contributed by atoms with E-state index in [1.54, 1.807) is 6.07 Å². The van der Waals surface area contributed by atoms with Crippen LogP contribution in [0.5, 0.6) is 0 Å². The number of nitrogens with one attached hydrogen (secondary N) is 2. The van der Waals surface area contributed by atoms with Gasteiger partial charge >= 0.3 is 11.8 Å². The zero-order valence-electron chi connectivity index (χ0n) is 9.85. The van der Waals surface area contributed by atoms with Crippen molar-refractivity contribution < 1.29 is 14.0 Å². The zero-order valence-corrected chi connectivity index (χ0v) is 10.7. The van der Waals surface area contributed by atoms with E-state index in [2.05, 4.69) is 10.6 Å². The molecule has 2 rings (SSSR count). The van der Waals surface area contributed by atoms with Crippen LogP contribution >= 0.6 is 11.3 Å². The number of benzene rings is 1. The molecule has 0 saturated carbocycles. The molecule has 0 unspecified atom stereocenters. The summed E-state index contributed by atoms with van der Waals surface area (Å²) in [4.78, 5) is 23.0. The summed E-state index contributed by atoms with van der Waals surface area (Å²) in [5.41, 5.74) is 0.898. The molecule has 1 aromatic carbocycles. The minimum absolute atomic E-state index is 0.0156. The van der Waals surface area contributed by atoms with Gasteiger partial charge in [-0.25, -0.2) is 4.39 Å². The summed E-state index contributed by atoms with van der Waals surface area (Å²) in [7, 11) is 0. The molecule has 0 atom stereocenters. The first-order valence-electron chi connectivity index (χ1n) is 5.51. The molecule has 0 spiro atoms. The lowest BCUT2D eigenvalue weighted by Crippen LogP contribution is -2.35. The van der Waals surface area contributed by atoms with Gasteiger partial charge in [-0.15, -0.1) is 0 Å². The Kier molecular flexibility index (Phi) is 4.25. The van der Waals surface area contributed by atoms with Gasteiger partial charge in [0.15, 0.2) is 0 Å². The molecular weight excluding hydrogens is 267 g/mol. The molecule has 4 nitrogen and oxygen atoms in total. The van der Waals surface area contributed by atoms with Gasteiger partial charge in [-0.1, -0.05) is 12.1 Å². The maximum Gasteiger partial charge on any atom is 0.313 e. The van der Waals surface area contributed by atoms with E-state index in [4.69, 9.17) is 0 Å². The lowest BCUT2D eigenvalue weighted by atomic mass is 10.3. The molecule has 0 fully saturated rings. The average molecular weight is 278 g/mol. The summed E-state index contributed by atoms with van der Waals surface area (Å²) in [6, 6.07) is 7.52. The van der Waals surface area contributed by atoms with Crippen LogP contribution in [0.25, 0.3) is 0 Å². The van der Waals surface area contributed by atoms with Crippen molar-refractivity contribution in [1.29, 1.82) is 0 Å². The van der Waals surface area contributed by atoms with Crippen LogP contribution in [0.15, 0.2) is 41.1 Å². The average Bonchev–Trinajstić information content (AvgIpc) is 2.91. The molecule has 0 aliphatic rings. The maximum absolute atomic E-state index is 13.3. The summed E-state index contributed by atoms with van der Waals surface area (Å²) < 4.78 is 13.3. The SMILES string of the molecule is O=C(NCc1ccsc1)C(=O)Nc1ccccc1F. The monoisotopic (exact) mass is 278 g/mol. The highest BCUT2D eigenvalue weighted by Gasteiger charge is 2.14. The highest BCUT2D eigenvalue weighted by atomic mass is 32.1. The third-order valence-corrected chi connectivity index (χ3v) is 3.09. The van der Waals surface area contributed by atoms with Gasteiger partial charge in [0.1, 0.15) is 5.82 Å². The smallest absolute Gasteiger partial charge is 0.313 e. The van der Waals surface area contributed by atoms with E-state index in [-0.39, 0.29) is 12.2 Å². The highest BCUT2D eigenvalue weighted by Crippen LogP contribution is 2.12. The van der Waals surface area contributed by atoms with E-state index in [1.807, 2.05) is 16.8 Å². The Labute approximate surface area is 113 Å². The fourth-order valence-corrected chi connectivity index (χ4v) is 2.07. The highest BCUT2D eigenvalue weighted by molar-refractivity contribution is 7.07. The minimum Gasteiger partial charge on any atom is -0.344 e. The number of hydrogen-bond donors (Lipinski definition) is 2. The van der Waals surface area contributed by atoms with E-state index < -0.39 is 17.6 Å².